The average Bonchev–Trinajstić information content (AvgIpc) is 3.10. The molecule has 39 heavy (non-hydrogen) atoms. The number of rotatable bonds is 6. The number of amides is 2. The maximum atomic E-state index is 14.0. The lowest BCUT2D eigenvalue weighted by molar-refractivity contribution is -0.122. The minimum atomic E-state index is -0.116. The van der Waals surface area contributed by atoms with Gasteiger partial charge in [0, 0.05) is 51.5 Å². The fourth-order valence-corrected chi connectivity index (χ4v) is 6.28. The summed E-state index contributed by atoms with van der Waals surface area (Å²) in [6, 6.07) is 20.8. The van der Waals surface area contributed by atoms with Gasteiger partial charge in [0.1, 0.15) is 0 Å². The number of benzene rings is 2. The van der Waals surface area contributed by atoms with E-state index in [2.05, 4.69) is 63.7 Å². The molecule has 2 aromatic carbocycles. The van der Waals surface area contributed by atoms with Crippen LogP contribution in [0.4, 0.5) is 0 Å². The van der Waals surface area contributed by atoms with Crippen molar-refractivity contribution in [3.8, 4) is 0 Å². The molecule has 0 spiro atoms. The van der Waals surface area contributed by atoms with Gasteiger partial charge in [-0.2, -0.15) is 0 Å². The summed E-state index contributed by atoms with van der Waals surface area (Å²) in [6.07, 6.45) is 12.0. The Kier molecular flexibility index (Phi) is 9.04. The molecule has 1 unspecified atom stereocenters. The lowest BCUT2D eigenvalue weighted by atomic mass is 9.93. The van der Waals surface area contributed by atoms with E-state index in [9.17, 15) is 9.59 Å². The summed E-state index contributed by atoms with van der Waals surface area (Å²) in [4.78, 5) is 35.6. The fraction of sp³-hybridized carbons (Fsp3) is 0.424. The summed E-state index contributed by atoms with van der Waals surface area (Å²) >= 11 is 0. The highest BCUT2D eigenvalue weighted by molar-refractivity contribution is 5.96. The molecule has 0 saturated carbocycles. The van der Waals surface area contributed by atoms with Crippen LogP contribution in [-0.4, -0.2) is 59.3 Å². The van der Waals surface area contributed by atoms with Crippen LogP contribution < -0.4 is 5.32 Å². The van der Waals surface area contributed by atoms with Crippen LogP contribution in [0.1, 0.15) is 77.2 Å². The lowest BCUT2D eigenvalue weighted by Gasteiger charge is -2.45. The average molecular weight is 525 g/mol. The molecule has 6 heteroatoms. The number of fused-ring (bicyclic) bond motifs is 1. The second-order valence-electron chi connectivity index (χ2n) is 10.8. The summed E-state index contributed by atoms with van der Waals surface area (Å²) in [7, 11) is 1.68. The first kappa shape index (κ1) is 27.1. The molecule has 2 amide bonds. The Bertz CT molecular complexity index is 1210. The van der Waals surface area contributed by atoms with Gasteiger partial charge < -0.3 is 10.2 Å². The van der Waals surface area contributed by atoms with Crippen LogP contribution in [0.5, 0.6) is 0 Å². The Morgan fingerprint density at radius 2 is 1.51 bits per heavy atom. The van der Waals surface area contributed by atoms with E-state index >= 15 is 0 Å². The van der Waals surface area contributed by atoms with Crippen molar-refractivity contribution in [2.75, 3.05) is 26.7 Å². The van der Waals surface area contributed by atoms with E-state index in [1.54, 1.807) is 13.2 Å². The number of aryl methyl sites for hydroxylation is 1. The summed E-state index contributed by atoms with van der Waals surface area (Å²) in [5.41, 5.74) is 5.56. The zero-order chi connectivity index (χ0) is 27.0. The molecule has 0 radical (unpaired) electrons. The van der Waals surface area contributed by atoms with Crippen molar-refractivity contribution in [1.82, 2.24) is 20.1 Å². The van der Waals surface area contributed by atoms with Crippen molar-refractivity contribution in [1.29, 1.82) is 0 Å². The Morgan fingerprint density at radius 1 is 0.872 bits per heavy atom. The number of carbonyl (C=O) groups is 2. The monoisotopic (exact) mass is 524 g/mol. The molecule has 0 bridgehead atoms. The van der Waals surface area contributed by atoms with Crippen LogP contribution in [0.15, 0.2) is 73.1 Å². The topological polar surface area (TPSA) is 65.5 Å². The normalized spacial score (nSPS) is 18.5. The summed E-state index contributed by atoms with van der Waals surface area (Å²) in [5, 5.41) is 2.81. The number of pyridine rings is 1. The molecule has 2 heterocycles. The van der Waals surface area contributed by atoms with Crippen LogP contribution in [0.3, 0.4) is 0 Å². The van der Waals surface area contributed by atoms with Gasteiger partial charge in [0.05, 0.1) is 11.6 Å². The van der Waals surface area contributed by atoms with E-state index < -0.39 is 0 Å². The van der Waals surface area contributed by atoms with Crippen molar-refractivity contribution in [3.05, 3.63) is 101 Å². The van der Waals surface area contributed by atoms with Gasteiger partial charge in [-0.1, -0.05) is 79.9 Å². The molecule has 204 valence electrons. The molecule has 6 nitrogen and oxygen atoms in total. The summed E-state index contributed by atoms with van der Waals surface area (Å²) < 4.78 is 0. The Morgan fingerprint density at radius 3 is 2.18 bits per heavy atom. The second kappa shape index (κ2) is 13.0. The molecule has 3 aromatic rings. The second-order valence-corrected chi connectivity index (χ2v) is 10.8. The molecule has 1 aromatic heterocycles. The highest BCUT2D eigenvalue weighted by Crippen LogP contribution is 2.33. The van der Waals surface area contributed by atoms with E-state index in [1.165, 1.54) is 41.5 Å². The van der Waals surface area contributed by atoms with Crippen molar-refractivity contribution in [2.45, 2.75) is 63.5 Å². The first-order valence-electron chi connectivity index (χ1n) is 14.5. The molecule has 1 atom stereocenters. The fourth-order valence-electron chi connectivity index (χ4n) is 6.28. The van der Waals surface area contributed by atoms with E-state index in [1.807, 2.05) is 23.2 Å². The van der Waals surface area contributed by atoms with E-state index in [-0.39, 0.29) is 23.9 Å². The van der Waals surface area contributed by atoms with Crippen LogP contribution >= 0.6 is 0 Å². The third kappa shape index (κ3) is 6.39. The zero-order valence-corrected chi connectivity index (χ0v) is 23.0. The number of nitrogens with one attached hydrogen (secondary N) is 1. The van der Waals surface area contributed by atoms with E-state index in [0.29, 0.717) is 26.1 Å². The molecule has 1 fully saturated rings. The van der Waals surface area contributed by atoms with Gasteiger partial charge in [0.2, 0.25) is 5.91 Å². The summed E-state index contributed by atoms with van der Waals surface area (Å²) in [6.45, 7) is 1.80. The van der Waals surface area contributed by atoms with Gasteiger partial charge in [-0.05, 0) is 47.9 Å². The lowest BCUT2D eigenvalue weighted by Crippen LogP contribution is -2.56. The Labute approximate surface area is 232 Å². The van der Waals surface area contributed by atoms with Gasteiger partial charge >= 0.3 is 0 Å². The van der Waals surface area contributed by atoms with Gasteiger partial charge in [-0.3, -0.25) is 19.5 Å². The third-order valence-electron chi connectivity index (χ3n) is 8.33. The maximum Gasteiger partial charge on any atom is 0.255 e. The number of hydrogen-bond donors (Lipinski definition) is 1. The molecule has 1 saturated heterocycles. The van der Waals surface area contributed by atoms with Crippen LogP contribution in [0.2, 0.25) is 0 Å². The maximum absolute atomic E-state index is 14.0. The van der Waals surface area contributed by atoms with Gasteiger partial charge in [0.15, 0.2) is 0 Å². The first-order valence-corrected chi connectivity index (χ1v) is 14.5. The Balaban J connectivity index is 1.45. The van der Waals surface area contributed by atoms with Crippen LogP contribution in [-0.2, 0) is 17.6 Å². The van der Waals surface area contributed by atoms with E-state index in [4.69, 9.17) is 0 Å². The molecule has 2 aliphatic rings. The Hall–Kier alpha value is -3.51. The van der Waals surface area contributed by atoms with Gasteiger partial charge in [-0.15, -0.1) is 0 Å². The molecular weight excluding hydrogens is 484 g/mol. The predicted molar refractivity (Wildman–Crippen MR) is 155 cm³/mol. The summed E-state index contributed by atoms with van der Waals surface area (Å²) in [5.74, 6) is 0.0399. The minimum Gasteiger partial charge on any atom is -0.359 e. The smallest absolute Gasteiger partial charge is 0.255 e. The van der Waals surface area contributed by atoms with Crippen LogP contribution in [0.25, 0.3) is 0 Å². The zero-order valence-electron chi connectivity index (χ0n) is 23.0. The molecule has 5 rings (SSSR count). The van der Waals surface area contributed by atoms with Crippen molar-refractivity contribution in [3.63, 3.8) is 0 Å². The molecule has 1 aliphatic carbocycles. The number of carbonyl (C=O) groups excluding carboxylic acids is 2. The van der Waals surface area contributed by atoms with Gasteiger partial charge in [0.25, 0.3) is 5.91 Å². The van der Waals surface area contributed by atoms with Gasteiger partial charge in [-0.25, -0.2) is 0 Å². The number of nitrogens with zero attached hydrogens (tertiary/aromatic N) is 3. The SMILES string of the molecule is CNC(=O)CC1CN(C(=O)c2cncc3c2CCCCCCC3)CCN1C(c1ccccc1)c1ccccc1. The van der Waals surface area contributed by atoms with Crippen molar-refractivity contribution in [2.24, 2.45) is 0 Å². The molecule has 1 aliphatic heterocycles. The van der Waals surface area contributed by atoms with Crippen LogP contribution in [0, 0.1) is 0 Å². The number of aromatic nitrogens is 1. The molecule has 1 N–H and O–H groups in total. The first-order chi connectivity index (χ1) is 19.2. The highest BCUT2D eigenvalue weighted by Gasteiger charge is 2.37. The number of hydrogen-bond acceptors (Lipinski definition) is 4. The third-order valence-corrected chi connectivity index (χ3v) is 8.33. The standard InChI is InChI=1S/C33H40N4O2/c1-34-31(38)21-28-24-36(33(39)30-23-35-22-27-17-7-3-2-4-12-18-29(27)30)19-20-37(28)32(25-13-8-5-9-14-25)26-15-10-6-11-16-26/h5-6,8-11,13-16,22-23,28,32H,2-4,7,12,17-21,24H2,1H3,(H,34,38). The number of piperazine rings is 1. The predicted octanol–water partition coefficient (Wildman–Crippen LogP) is 5.18. The quantitative estimate of drug-likeness (QED) is 0.482. The largest absolute Gasteiger partial charge is 0.359 e. The van der Waals surface area contributed by atoms with E-state index in [0.717, 1.165) is 31.2 Å². The van der Waals surface area contributed by atoms with Crippen molar-refractivity contribution < 1.29 is 9.59 Å². The van der Waals surface area contributed by atoms with Crippen molar-refractivity contribution >= 4 is 11.8 Å². The minimum absolute atomic E-state index is 0.00136. The highest BCUT2D eigenvalue weighted by atomic mass is 16.2. The molecular formula is C33H40N4O2.